The molecule has 0 N–H and O–H groups in total. The summed E-state index contributed by atoms with van der Waals surface area (Å²) in [7, 11) is 0. The van der Waals surface area contributed by atoms with Crippen LogP contribution in [0.4, 0.5) is 0 Å². The molecule has 1 fully saturated rings. The summed E-state index contributed by atoms with van der Waals surface area (Å²) in [6.45, 7) is 1.40. The van der Waals surface area contributed by atoms with Crippen LogP contribution in [0.2, 0.25) is 0 Å². The van der Waals surface area contributed by atoms with E-state index in [0.29, 0.717) is 6.10 Å². The normalized spacial score (nSPS) is 19.6. The fourth-order valence-electron chi connectivity index (χ4n) is 1.39. The van der Waals surface area contributed by atoms with Gasteiger partial charge in [0.2, 0.25) is 0 Å². The molecule has 0 unspecified atom stereocenters. The van der Waals surface area contributed by atoms with Crippen molar-refractivity contribution in [1.29, 1.82) is 0 Å². The summed E-state index contributed by atoms with van der Waals surface area (Å²) in [4.78, 5) is 9.62. The predicted octanol–water partition coefficient (Wildman–Crippen LogP) is 1.38. The van der Waals surface area contributed by atoms with E-state index in [1.807, 2.05) is 0 Å². The van der Waals surface area contributed by atoms with Crippen molar-refractivity contribution in [2.24, 2.45) is 0 Å². The smallest absolute Gasteiger partial charge is 0.419 e. The molecule has 0 bridgehead atoms. The largest absolute Gasteiger partial charge is 0.430 e. The minimum absolute atomic E-state index is 0.0637. The standard InChI is InChI=1S/C8H13O3/c9-6-10-7-11-8-4-2-1-3-5-8/h8H,1-5,7H2. The molecule has 11 heavy (non-hydrogen) atoms. The van der Waals surface area contributed by atoms with Gasteiger partial charge in [0.05, 0.1) is 6.10 Å². The van der Waals surface area contributed by atoms with Crippen molar-refractivity contribution < 1.29 is 14.3 Å². The third kappa shape index (κ3) is 3.37. The molecule has 0 aromatic rings. The lowest BCUT2D eigenvalue weighted by Crippen LogP contribution is -2.17. The number of ether oxygens (including phenoxy) is 2. The molecule has 1 saturated carbocycles. The molecule has 0 aromatic carbocycles. The van der Waals surface area contributed by atoms with Gasteiger partial charge < -0.3 is 9.47 Å². The van der Waals surface area contributed by atoms with Crippen molar-refractivity contribution >= 4 is 6.47 Å². The first-order valence-corrected chi connectivity index (χ1v) is 4.04. The Labute approximate surface area is 66.7 Å². The van der Waals surface area contributed by atoms with Gasteiger partial charge in [-0.1, -0.05) is 19.3 Å². The van der Waals surface area contributed by atoms with Crippen LogP contribution in [0, 0.1) is 0 Å². The van der Waals surface area contributed by atoms with E-state index < -0.39 is 0 Å². The zero-order valence-electron chi connectivity index (χ0n) is 6.54. The molecule has 0 saturated heterocycles. The van der Waals surface area contributed by atoms with Crippen molar-refractivity contribution in [1.82, 2.24) is 0 Å². The number of hydrogen-bond acceptors (Lipinski definition) is 3. The van der Waals surface area contributed by atoms with Crippen LogP contribution in [0.3, 0.4) is 0 Å². The topological polar surface area (TPSA) is 35.5 Å². The van der Waals surface area contributed by atoms with Gasteiger partial charge in [0.1, 0.15) is 0 Å². The lowest BCUT2D eigenvalue weighted by Gasteiger charge is -2.20. The average Bonchev–Trinajstić information content (AvgIpc) is 2.07. The van der Waals surface area contributed by atoms with Crippen molar-refractivity contribution in [3.8, 4) is 0 Å². The van der Waals surface area contributed by atoms with E-state index in [1.165, 1.54) is 25.7 Å². The summed E-state index contributed by atoms with van der Waals surface area (Å²) >= 11 is 0. The summed E-state index contributed by atoms with van der Waals surface area (Å²) in [5.74, 6) is 0. The molecular formula is C8H13O3. The van der Waals surface area contributed by atoms with E-state index in [2.05, 4.69) is 4.74 Å². The maximum atomic E-state index is 9.62. The molecule has 1 rings (SSSR count). The highest BCUT2D eigenvalue weighted by molar-refractivity contribution is 5.37. The Morgan fingerprint density at radius 2 is 2.00 bits per heavy atom. The Morgan fingerprint density at radius 1 is 1.27 bits per heavy atom. The Bertz CT molecular complexity index is 108. The Hall–Kier alpha value is -0.570. The molecule has 1 aliphatic carbocycles. The molecular weight excluding hydrogens is 144 g/mol. The van der Waals surface area contributed by atoms with Crippen LogP contribution >= 0.6 is 0 Å². The second kappa shape index (κ2) is 5.13. The summed E-state index contributed by atoms with van der Waals surface area (Å²) in [6, 6.07) is 0. The quantitative estimate of drug-likeness (QED) is 0.457. The van der Waals surface area contributed by atoms with Crippen LogP contribution in [0.15, 0.2) is 0 Å². The lowest BCUT2D eigenvalue weighted by atomic mass is 9.98. The molecule has 3 heteroatoms. The van der Waals surface area contributed by atoms with E-state index in [4.69, 9.17) is 4.74 Å². The van der Waals surface area contributed by atoms with E-state index in [9.17, 15) is 4.79 Å². The first-order valence-electron chi connectivity index (χ1n) is 4.04. The van der Waals surface area contributed by atoms with Gasteiger partial charge in [0.15, 0.2) is 6.79 Å². The second-order valence-corrected chi connectivity index (χ2v) is 2.77. The van der Waals surface area contributed by atoms with Crippen LogP contribution in [0.5, 0.6) is 0 Å². The van der Waals surface area contributed by atoms with E-state index >= 15 is 0 Å². The van der Waals surface area contributed by atoms with Crippen LogP contribution in [-0.2, 0) is 14.3 Å². The molecule has 0 amide bonds. The molecule has 0 heterocycles. The van der Waals surface area contributed by atoms with Gasteiger partial charge in [-0.15, -0.1) is 0 Å². The molecule has 1 radical (unpaired) electrons. The average molecular weight is 157 g/mol. The van der Waals surface area contributed by atoms with Crippen molar-refractivity contribution in [2.45, 2.75) is 38.2 Å². The first kappa shape index (κ1) is 8.53. The molecule has 0 spiro atoms. The SMILES string of the molecule is O=[C]OCOC1CCCCC1. The summed E-state index contributed by atoms with van der Waals surface area (Å²) < 4.78 is 9.55. The predicted molar refractivity (Wildman–Crippen MR) is 39.6 cm³/mol. The zero-order chi connectivity index (χ0) is 7.94. The number of rotatable bonds is 4. The third-order valence-corrected chi connectivity index (χ3v) is 1.97. The fraction of sp³-hybridized carbons (Fsp3) is 0.875. The molecule has 0 aliphatic heterocycles. The van der Waals surface area contributed by atoms with Gasteiger partial charge >= 0.3 is 6.47 Å². The summed E-state index contributed by atoms with van der Waals surface area (Å²) in [6.07, 6.45) is 6.27. The van der Waals surface area contributed by atoms with E-state index in [1.54, 1.807) is 0 Å². The molecule has 3 nitrogen and oxygen atoms in total. The molecule has 63 valence electrons. The molecule has 0 aromatic heterocycles. The van der Waals surface area contributed by atoms with Crippen molar-refractivity contribution in [3.05, 3.63) is 0 Å². The van der Waals surface area contributed by atoms with Gasteiger partial charge in [-0.3, -0.25) is 0 Å². The zero-order valence-corrected chi connectivity index (χ0v) is 6.54. The fourth-order valence-corrected chi connectivity index (χ4v) is 1.39. The van der Waals surface area contributed by atoms with Crippen LogP contribution in [0.1, 0.15) is 32.1 Å². The van der Waals surface area contributed by atoms with Gasteiger partial charge in [-0.05, 0) is 12.8 Å². The third-order valence-electron chi connectivity index (χ3n) is 1.97. The van der Waals surface area contributed by atoms with Crippen LogP contribution in [-0.4, -0.2) is 19.4 Å². The maximum absolute atomic E-state index is 9.62. The van der Waals surface area contributed by atoms with E-state index in [0.717, 1.165) is 12.8 Å². The maximum Gasteiger partial charge on any atom is 0.419 e. The number of carbonyl (C=O) groups excluding carboxylic acids is 1. The van der Waals surface area contributed by atoms with Gasteiger partial charge in [-0.25, -0.2) is 4.79 Å². The molecule has 0 atom stereocenters. The minimum Gasteiger partial charge on any atom is -0.430 e. The van der Waals surface area contributed by atoms with Gasteiger partial charge in [-0.2, -0.15) is 0 Å². The molecule has 1 aliphatic rings. The second-order valence-electron chi connectivity index (χ2n) is 2.77. The van der Waals surface area contributed by atoms with E-state index in [-0.39, 0.29) is 6.79 Å². The van der Waals surface area contributed by atoms with Crippen LogP contribution < -0.4 is 0 Å². The minimum atomic E-state index is 0.0637. The Kier molecular flexibility index (Phi) is 3.98. The van der Waals surface area contributed by atoms with Gasteiger partial charge in [0, 0.05) is 0 Å². The Balaban J connectivity index is 2.00. The summed E-state index contributed by atoms with van der Waals surface area (Å²) in [5, 5.41) is 0. The monoisotopic (exact) mass is 157 g/mol. The highest BCUT2D eigenvalue weighted by Gasteiger charge is 2.13. The lowest BCUT2D eigenvalue weighted by molar-refractivity contribution is -0.0560. The van der Waals surface area contributed by atoms with Crippen molar-refractivity contribution in [3.63, 3.8) is 0 Å². The summed E-state index contributed by atoms with van der Waals surface area (Å²) in [5.41, 5.74) is 0. The highest BCUT2D eigenvalue weighted by atomic mass is 16.7. The van der Waals surface area contributed by atoms with Crippen LogP contribution in [0.25, 0.3) is 0 Å². The van der Waals surface area contributed by atoms with Gasteiger partial charge in [0.25, 0.3) is 0 Å². The highest BCUT2D eigenvalue weighted by Crippen LogP contribution is 2.19. The first-order chi connectivity index (χ1) is 5.43. The number of hydrogen-bond donors (Lipinski definition) is 0. The Morgan fingerprint density at radius 3 is 2.64 bits per heavy atom. The van der Waals surface area contributed by atoms with Crippen molar-refractivity contribution in [2.75, 3.05) is 6.79 Å².